The number of hydrogen-bond donors (Lipinski definition) is 0. The monoisotopic (exact) mass is 212 g/mol. The zero-order chi connectivity index (χ0) is 11.6. The molecule has 0 N–H and O–H groups in total. The zero-order valence-electron chi connectivity index (χ0n) is 11.3. The molecule has 0 amide bonds. The quantitative estimate of drug-likeness (QED) is 0.499. The van der Waals surface area contributed by atoms with Crippen molar-refractivity contribution in [2.45, 2.75) is 59.8 Å². The highest BCUT2D eigenvalue weighted by molar-refractivity contribution is 4.74. The van der Waals surface area contributed by atoms with Gasteiger partial charge in [-0.05, 0) is 31.8 Å². The molecule has 0 aliphatic heterocycles. The van der Waals surface area contributed by atoms with Crippen molar-refractivity contribution in [1.82, 2.24) is 0 Å². The lowest BCUT2D eigenvalue weighted by atomic mass is 10.2. The van der Waals surface area contributed by atoms with Crippen LogP contribution in [0, 0.1) is 0 Å². The summed E-state index contributed by atoms with van der Waals surface area (Å²) in [5, 5.41) is 0. The van der Waals surface area contributed by atoms with Gasteiger partial charge in [-0.2, -0.15) is 0 Å². The van der Waals surface area contributed by atoms with Crippen LogP contribution < -0.4 is 0 Å². The van der Waals surface area contributed by atoms with E-state index in [2.05, 4.69) is 40.0 Å². The average Bonchev–Trinajstić information content (AvgIpc) is 2.19. The van der Waals surface area contributed by atoms with Crippen molar-refractivity contribution >= 4 is 0 Å². The van der Waals surface area contributed by atoms with Gasteiger partial charge in [-0.1, -0.05) is 34.1 Å². The van der Waals surface area contributed by atoms with Crippen LogP contribution in [0.1, 0.15) is 59.8 Å². The maximum Gasteiger partial charge on any atom is 0.0918 e. The van der Waals surface area contributed by atoms with Gasteiger partial charge >= 0.3 is 0 Å². The molecular weight excluding hydrogens is 182 g/mol. The standard InChI is InChI=1S/C14H30N/c1-5-9-10-14-15(11-6-2,12-7-3)13-8-4/h10,14H,5-9,11-13H2,1-4H3/q+1. The van der Waals surface area contributed by atoms with Gasteiger partial charge in [0.05, 0.1) is 25.8 Å². The summed E-state index contributed by atoms with van der Waals surface area (Å²) >= 11 is 0. The molecule has 0 unspecified atom stereocenters. The zero-order valence-corrected chi connectivity index (χ0v) is 11.3. The van der Waals surface area contributed by atoms with Gasteiger partial charge in [-0.25, -0.2) is 0 Å². The summed E-state index contributed by atoms with van der Waals surface area (Å²) in [6, 6.07) is 0. The number of allylic oxidation sites excluding steroid dienone is 1. The third kappa shape index (κ3) is 5.99. The minimum Gasteiger partial charge on any atom is -0.298 e. The van der Waals surface area contributed by atoms with E-state index >= 15 is 0 Å². The first-order valence-corrected chi connectivity index (χ1v) is 6.78. The van der Waals surface area contributed by atoms with Gasteiger partial charge in [0.2, 0.25) is 0 Å². The highest BCUT2D eigenvalue weighted by atomic mass is 15.3. The molecule has 0 rings (SSSR count). The Morgan fingerprint density at radius 1 is 0.733 bits per heavy atom. The first kappa shape index (κ1) is 14.7. The van der Waals surface area contributed by atoms with E-state index in [0.717, 1.165) is 0 Å². The molecule has 90 valence electrons. The molecule has 1 nitrogen and oxygen atoms in total. The minimum atomic E-state index is 1.21. The Morgan fingerprint density at radius 2 is 1.20 bits per heavy atom. The van der Waals surface area contributed by atoms with Crippen molar-refractivity contribution < 1.29 is 4.48 Å². The maximum absolute atomic E-state index is 2.47. The molecular formula is C14H30N+. The summed E-state index contributed by atoms with van der Waals surface area (Å²) in [5.41, 5.74) is 0. The average molecular weight is 212 g/mol. The topological polar surface area (TPSA) is 0 Å². The van der Waals surface area contributed by atoms with E-state index < -0.39 is 0 Å². The van der Waals surface area contributed by atoms with Gasteiger partial charge in [0, 0.05) is 0 Å². The van der Waals surface area contributed by atoms with Crippen LogP contribution in [0.4, 0.5) is 0 Å². The van der Waals surface area contributed by atoms with E-state index in [-0.39, 0.29) is 0 Å². The van der Waals surface area contributed by atoms with Crippen LogP contribution in [0.3, 0.4) is 0 Å². The Balaban J connectivity index is 4.44. The van der Waals surface area contributed by atoms with Gasteiger partial charge in [0.15, 0.2) is 0 Å². The van der Waals surface area contributed by atoms with Gasteiger partial charge in [-0.15, -0.1) is 0 Å². The van der Waals surface area contributed by atoms with Crippen molar-refractivity contribution in [3.63, 3.8) is 0 Å². The van der Waals surface area contributed by atoms with Crippen LogP contribution in [0.2, 0.25) is 0 Å². The summed E-state index contributed by atoms with van der Waals surface area (Å²) in [6.07, 6.45) is 11.2. The smallest absolute Gasteiger partial charge is 0.0918 e. The maximum atomic E-state index is 2.47. The van der Waals surface area contributed by atoms with Crippen LogP contribution in [-0.2, 0) is 0 Å². The number of hydrogen-bond acceptors (Lipinski definition) is 0. The number of quaternary nitrogens is 1. The second-order valence-corrected chi connectivity index (χ2v) is 4.56. The van der Waals surface area contributed by atoms with Crippen LogP contribution in [0.5, 0.6) is 0 Å². The molecule has 0 aliphatic carbocycles. The Morgan fingerprint density at radius 3 is 1.53 bits per heavy atom. The fourth-order valence-electron chi connectivity index (χ4n) is 2.36. The van der Waals surface area contributed by atoms with Crippen molar-refractivity contribution in [3.8, 4) is 0 Å². The molecule has 0 aromatic rings. The molecule has 0 atom stereocenters. The van der Waals surface area contributed by atoms with E-state index in [1.165, 1.54) is 56.2 Å². The second-order valence-electron chi connectivity index (χ2n) is 4.56. The van der Waals surface area contributed by atoms with Crippen LogP contribution in [-0.4, -0.2) is 24.1 Å². The van der Waals surface area contributed by atoms with Crippen LogP contribution in [0.25, 0.3) is 0 Å². The third-order valence-corrected chi connectivity index (χ3v) is 2.88. The number of nitrogens with zero attached hydrogens (tertiary/aromatic N) is 1. The minimum absolute atomic E-state index is 1.21. The van der Waals surface area contributed by atoms with Crippen molar-refractivity contribution in [2.75, 3.05) is 19.6 Å². The fourth-order valence-corrected chi connectivity index (χ4v) is 2.36. The summed E-state index contributed by atoms with van der Waals surface area (Å²) in [6.45, 7) is 13.1. The molecule has 15 heavy (non-hydrogen) atoms. The van der Waals surface area contributed by atoms with E-state index in [0.29, 0.717) is 0 Å². The predicted octanol–water partition coefficient (Wildman–Crippen LogP) is 4.35. The molecule has 0 heterocycles. The molecule has 0 saturated heterocycles. The van der Waals surface area contributed by atoms with E-state index in [9.17, 15) is 0 Å². The van der Waals surface area contributed by atoms with Gasteiger partial charge in [0.25, 0.3) is 0 Å². The highest BCUT2D eigenvalue weighted by Gasteiger charge is 2.20. The largest absolute Gasteiger partial charge is 0.298 e. The van der Waals surface area contributed by atoms with Gasteiger partial charge in [0.1, 0.15) is 0 Å². The third-order valence-electron chi connectivity index (χ3n) is 2.88. The normalized spacial score (nSPS) is 12.5. The molecule has 0 radical (unpaired) electrons. The highest BCUT2D eigenvalue weighted by Crippen LogP contribution is 2.13. The lowest BCUT2D eigenvalue weighted by Crippen LogP contribution is -2.44. The second kappa shape index (κ2) is 8.96. The molecule has 0 fully saturated rings. The van der Waals surface area contributed by atoms with Crippen molar-refractivity contribution in [2.24, 2.45) is 0 Å². The van der Waals surface area contributed by atoms with E-state index in [1.54, 1.807) is 0 Å². The lowest BCUT2D eigenvalue weighted by molar-refractivity contribution is -0.879. The molecule has 0 aromatic heterocycles. The SMILES string of the molecule is CCCC=C[N+](CCC)(CCC)CCC. The summed E-state index contributed by atoms with van der Waals surface area (Å²) in [5.74, 6) is 0. The van der Waals surface area contributed by atoms with Crippen molar-refractivity contribution in [1.29, 1.82) is 0 Å². The first-order valence-electron chi connectivity index (χ1n) is 6.78. The molecule has 1 heteroatoms. The Bertz CT molecular complexity index is 144. The Labute approximate surface area is 96.8 Å². The number of unbranched alkanes of at least 4 members (excludes halogenated alkanes) is 1. The van der Waals surface area contributed by atoms with Gasteiger partial charge in [-0.3, -0.25) is 4.48 Å². The van der Waals surface area contributed by atoms with E-state index in [1.807, 2.05) is 0 Å². The number of rotatable bonds is 9. The summed E-state index contributed by atoms with van der Waals surface area (Å²) in [7, 11) is 0. The molecule has 0 spiro atoms. The van der Waals surface area contributed by atoms with E-state index in [4.69, 9.17) is 0 Å². The Hall–Kier alpha value is -0.300. The summed E-state index contributed by atoms with van der Waals surface area (Å²) < 4.78 is 1.21. The fraction of sp³-hybridized carbons (Fsp3) is 0.857. The van der Waals surface area contributed by atoms with Gasteiger partial charge < -0.3 is 0 Å². The van der Waals surface area contributed by atoms with Crippen LogP contribution in [0.15, 0.2) is 12.3 Å². The summed E-state index contributed by atoms with van der Waals surface area (Å²) in [4.78, 5) is 0. The predicted molar refractivity (Wildman–Crippen MR) is 69.8 cm³/mol. The first-order chi connectivity index (χ1) is 7.24. The van der Waals surface area contributed by atoms with Crippen molar-refractivity contribution in [3.05, 3.63) is 12.3 Å². The molecule has 0 aliphatic rings. The lowest BCUT2D eigenvalue weighted by Gasteiger charge is -2.34. The van der Waals surface area contributed by atoms with Crippen LogP contribution >= 0.6 is 0 Å². The molecule has 0 saturated carbocycles. The molecule has 0 aromatic carbocycles. The molecule has 0 bridgehead atoms. The Kier molecular flexibility index (Phi) is 8.79.